The van der Waals surface area contributed by atoms with E-state index in [-0.39, 0.29) is 5.97 Å². The summed E-state index contributed by atoms with van der Waals surface area (Å²) in [6.45, 7) is 4.20. The van der Waals surface area contributed by atoms with E-state index >= 15 is 0 Å². The number of ether oxygens (including phenoxy) is 1. The fourth-order valence-electron chi connectivity index (χ4n) is 3.55. The maximum Gasteiger partial charge on any atom is 0.340 e. The minimum atomic E-state index is -0.322. The molecule has 3 nitrogen and oxygen atoms in total. The van der Waals surface area contributed by atoms with E-state index in [1.54, 1.807) is 13.3 Å². The molecule has 31 heavy (non-hydrogen) atoms. The summed E-state index contributed by atoms with van der Waals surface area (Å²) in [6.07, 6.45) is 12.9. The van der Waals surface area contributed by atoms with Gasteiger partial charge < -0.3 is 4.74 Å². The zero-order valence-electron chi connectivity index (χ0n) is 18.8. The number of esters is 1. The number of carbonyl (C=O) groups is 1. The molecule has 0 heterocycles. The van der Waals surface area contributed by atoms with Crippen molar-refractivity contribution in [1.29, 1.82) is 0 Å². The summed E-state index contributed by atoms with van der Waals surface area (Å²) >= 11 is 0. The minimum absolute atomic E-state index is 0.322. The molecular formula is C28H35NO2. The lowest BCUT2D eigenvalue weighted by molar-refractivity contribution is -0.138. The van der Waals surface area contributed by atoms with Crippen molar-refractivity contribution in [2.75, 3.05) is 13.7 Å². The number of carbonyl (C=O) groups excluding carboxylic acids is 1. The first kappa shape index (κ1) is 24.3. The van der Waals surface area contributed by atoms with Crippen molar-refractivity contribution >= 4 is 17.8 Å². The van der Waals surface area contributed by atoms with Crippen LogP contribution < -0.4 is 0 Å². The molecule has 2 rings (SSSR count). The highest BCUT2D eigenvalue weighted by Crippen LogP contribution is 2.27. The molecule has 0 N–H and O–H groups in total. The van der Waals surface area contributed by atoms with Crippen LogP contribution >= 0.6 is 0 Å². The Balaban J connectivity index is 1.99. The van der Waals surface area contributed by atoms with Crippen LogP contribution in [-0.2, 0) is 9.53 Å². The first-order valence-corrected chi connectivity index (χ1v) is 11.3. The van der Waals surface area contributed by atoms with Gasteiger partial charge in [0, 0.05) is 18.8 Å². The highest BCUT2D eigenvalue weighted by molar-refractivity contribution is 6.18. The summed E-state index contributed by atoms with van der Waals surface area (Å²) in [6, 6.07) is 19.9. The van der Waals surface area contributed by atoms with E-state index in [0.717, 1.165) is 36.0 Å². The number of rotatable bonds is 14. The number of aliphatic imine (C=N–C) groups is 1. The molecule has 0 saturated heterocycles. The third kappa shape index (κ3) is 8.75. The molecule has 0 aromatic heterocycles. The Morgan fingerprint density at radius 2 is 1.35 bits per heavy atom. The van der Waals surface area contributed by atoms with Gasteiger partial charge in [-0.3, -0.25) is 4.99 Å². The van der Waals surface area contributed by atoms with Crippen molar-refractivity contribution in [3.63, 3.8) is 0 Å². The first-order chi connectivity index (χ1) is 15.3. The molecule has 0 aliphatic rings. The highest BCUT2D eigenvalue weighted by Gasteiger charge is 2.18. The predicted molar refractivity (Wildman–Crippen MR) is 131 cm³/mol. The van der Waals surface area contributed by atoms with Crippen LogP contribution in [0.2, 0.25) is 0 Å². The van der Waals surface area contributed by atoms with Gasteiger partial charge in [-0.2, -0.15) is 0 Å². The van der Waals surface area contributed by atoms with Gasteiger partial charge in [0.1, 0.15) is 0 Å². The van der Waals surface area contributed by atoms with E-state index in [2.05, 4.69) is 11.6 Å². The molecule has 3 heteroatoms. The van der Waals surface area contributed by atoms with Gasteiger partial charge in [0.15, 0.2) is 0 Å². The lowest BCUT2D eigenvalue weighted by Crippen LogP contribution is -2.13. The molecule has 0 aliphatic heterocycles. The molecule has 0 radical (unpaired) electrons. The van der Waals surface area contributed by atoms with Crippen molar-refractivity contribution in [3.05, 3.63) is 90.0 Å². The van der Waals surface area contributed by atoms with Gasteiger partial charge in [-0.1, -0.05) is 98.8 Å². The average molecular weight is 418 g/mol. The Hall–Kier alpha value is -2.94. The van der Waals surface area contributed by atoms with Crippen LogP contribution in [0.25, 0.3) is 5.57 Å². The van der Waals surface area contributed by atoms with Gasteiger partial charge in [-0.15, -0.1) is 6.58 Å². The van der Waals surface area contributed by atoms with E-state index in [4.69, 9.17) is 4.74 Å². The Labute approximate surface area is 187 Å². The second kappa shape index (κ2) is 15.0. The average Bonchev–Trinajstić information content (AvgIpc) is 2.81. The molecule has 0 spiro atoms. The molecule has 0 saturated carbocycles. The van der Waals surface area contributed by atoms with Crippen LogP contribution in [0.3, 0.4) is 0 Å². The van der Waals surface area contributed by atoms with E-state index in [9.17, 15) is 4.79 Å². The Morgan fingerprint density at radius 3 is 1.87 bits per heavy atom. The maximum atomic E-state index is 13.0. The molecule has 2 aromatic carbocycles. The largest absolute Gasteiger partial charge is 0.462 e. The summed E-state index contributed by atoms with van der Waals surface area (Å²) in [4.78, 5) is 17.1. The normalized spacial score (nSPS) is 10.7. The lowest BCUT2D eigenvalue weighted by atomic mass is 9.93. The van der Waals surface area contributed by atoms with Crippen LogP contribution in [0.4, 0.5) is 0 Å². The van der Waals surface area contributed by atoms with Crippen molar-refractivity contribution in [1.82, 2.24) is 0 Å². The molecule has 164 valence electrons. The maximum absolute atomic E-state index is 13.0. The zero-order chi connectivity index (χ0) is 22.2. The molecule has 0 unspecified atom stereocenters. The van der Waals surface area contributed by atoms with Crippen molar-refractivity contribution < 1.29 is 9.53 Å². The van der Waals surface area contributed by atoms with Crippen LogP contribution in [-0.4, -0.2) is 25.8 Å². The first-order valence-electron chi connectivity index (χ1n) is 11.3. The summed E-state index contributed by atoms with van der Waals surface area (Å²) in [5.41, 5.74) is 3.27. The van der Waals surface area contributed by atoms with Crippen LogP contribution in [0.1, 0.15) is 62.5 Å². The fraction of sp³-hybridized carbons (Fsp3) is 0.357. The van der Waals surface area contributed by atoms with Gasteiger partial charge in [0.2, 0.25) is 0 Å². The van der Waals surface area contributed by atoms with Gasteiger partial charge in [0.25, 0.3) is 0 Å². The third-order valence-electron chi connectivity index (χ3n) is 5.16. The van der Waals surface area contributed by atoms with Crippen LogP contribution in [0.5, 0.6) is 0 Å². The number of nitrogens with zero attached hydrogens (tertiary/aromatic N) is 1. The molecule has 2 aromatic rings. The van der Waals surface area contributed by atoms with Gasteiger partial charge in [0.05, 0.1) is 12.2 Å². The van der Waals surface area contributed by atoms with Crippen LogP contribution in [0, 0.1) is 0 Å². The van der Waals surface area contributed by atoms with E-state index in [1.807, 2.05) is 66.7 Å². The Bertz CT molecular complexity index is 796. The number of benzene rings is 2. The SMILES string of the molecule is C=CCCCCCCCCCOC(=O)C(/C=N/C)=C(c1ccccc1)c1ccccc1. The lowest BCUT2D eigenvalue weighted by Gasteiger charge is -2.13. The van der Waals surface area contributed by atoms with Gasteiger partial charge in [-0.25, -0.2) is 4.79 Å². The summed E-state index contributed by atoms with van der Waals surface area (Å²) in [7, 11) is 1.68. The second-order valence-corrected chi connectivity index (χ2v) is 7.60. The van der Waals surface area contributed by atoms with Gasteiger partial charge >= 0.3 is 5.97 Å². The molecule has 0 bridgehead atoms. The monoisotopic (exact) mass is 417 g/mol. The Morgan fingerprint density at radius 1 is 0.839 bits per heavy atom. The smallest absolute Gasteiger partial charge is 0.340 e. The van der Waals surface area contributed by atoms with Crippen molar-refractivity contribution in [3.8, 4) is 0 Å². The Kier molecular flexibility index (Phi) is 11.7. The summed E-state index contributed by atoms with van der Waals surface area (Å²) in [5.74, 6) is -0.322. The van der Waals surface area contributed by atoms with E-state index < -0.39 is 0 Å². The summed E-state index contributed by atoms with van der Waals surface area (Å²) < 4.78 is 5.64. The topological polar surface area (TPSA) is 38.7 Å². The molecule has 0 fully saturated rings. The fourth-order valence-corrected chi connectivity index (χ4v) is 3.55. The number of hydrogen-bond donors (Lipinski definition) is 0. The number of hydrogen-bond acceptors (Lipinski definition) is 3. The van der Waals surface area contributed by atoms with Crippen LogP contribution in [0.15, 0.2) is 83.9 Å². The minimum Gasteiger partial charge on any atom is -0.462 e. The number of unbranched alkanes of at least 4 members (excludes halogenated alkanes) is 7. The zero-order valence-corrected chi connectivity index (χ0v) is 18.8. The number of allylic oxidation sites excluding steroid dienone is 1. The van der Waals surface area contributed by atoms with E-state index in [1.165, 1.54) is 32.1 Å². The quantitative estimate of drug-likeness (QED) is 0.109. The van der Waals surface area contributed by atoms with Crippen molar-refractivity contribution in [2.24, 2.45) is 4.99 Å². The molecule has 0 atom stereocenters. The molecule has 0 amide bonds. The summed E-state index contributed by atoms with van der Waals surface area (Å²) in [5, 5.41) is 0. The molecule has 0 aliphatic carbocycles. The van der Waals surface area contributed by atoms with E-state index in [0.29, 0.717) is 12.2 Å². The van der Waals surface area contributed by atoms with Gasteiger partial charge in [-0.05, 0) is 30.4 Å². The predicted octanol–water partition coefficient (Wildman–Crippen LogP) is 7.04. The second-order valence-electron chi connectivity index (χ2n) is 7.60. The highest BCUT2D eigenvalue weighted by atomic mass is 16.5. The molecular weight excluding hydrogens is 382 g/mol. The standard InChI is InChI=1S/C28H35NO2/c1-3-4-5-6-7-8-9-10-17-22-31-28(30)26(23-29-2)27(24-18-13-11-14-19-24)25-20-15-12-16-21-25/h3,11-16,18-21,23H,1,4-10,17,22H2,2H3/b29-23+. The third-order valence-corrected chi connectivity index (χ3v) is 5.16. The van der Waals surface area contributed by atoms with Crippen molar-refractivity contribution in [2.45, 2.75) is 51.4 Å².